The Balaban J connectivity index is 2.12. The molecule has 14 heavy (non-hydrogen) atoms. The molecule has 0 saturated carbocycles. The normalized spacial score (nSPS) is 22.9. The van der Waals surface area contributed by atoms with Gasteiger partial charge in [-0.1, -0.05) is 13.8 Å². The molecule has 84 valence electrons. The van der Waals surface area contributed by atoms with Gasteiger partial charge in [-0.05, 0) is 19.3 Å². The SMILES string of the molecule is CCC(N)(CC)COCC1CCOC1. The van der Waals surface area contributed by atoms with Gasteiger partial charge in [-0.15, -0.1) is 0 Å². The summed E-state index contributed by atoms with van der Waals surface area (Å²) >= 11 is 0. The molecule has 2 N–H and O–H groups in total. The highest BCUT2D eigenvalue weighted by molar-refractivity contribution is 4.80. The maximum atomic E-state index is 6.13. The Kier molecular flexibility index (Phi) is 4.85. The van der Waals surface area contributed by atoms with Gasteiger partial charge in [0, 0.05) is 18.1 Å². The van der Waals surface area contributed by atoms with E-state index >= 15 is 0 Å². The lowest BCUT2D eigenvalue weighted by atomic mass is 9.95. The summed E-state index contributed by atoms with van der Waals surface area (Å²) in [4.78, 5) is 0. The molecule has 0 radical (unpaired) electrons. The summed E-state index contributed by atoms with van der Waals surface area (Å²) < 4.78 is 10.9. The van der Waals surface area contributed by atoms with Crippen molar-refractivity contribution in [2.45, 2.75) is 38.6 Å². The first-order valence-corrected chi connectivity index (χ1v) is 5.64. The molecule has 1 aliphatic heterocycles. The average Bonchev–Trinajstić information content (AvgIpc) is 2.70. The molecule has 3 heteroatoms. The predicted octanol–water partition coefficient (Wildman–Crippen LogP) is 1.56. The van der Waals surface area contributed by atoms with Gasteiger partial charge in [0.1, 0.15) is 0 Å². The number of nitrogens with two attached hydrogens (primary N) is 1. The maximum absolute atomic E-state index is 6.13. The van der Waals surface area contributed by atoms with E-state index in [2.05, 4.69) is 13.8 Å². The molecule has 1 heterocycles. The van der Waals surface area contributed by atoms with Gasteiger partial charge < -0.3 is 15.2 Å². The van der Waals surface area contributed by atoms with Crippen LogP contribution in [0.4, 0.5) is 0 Å². The summed E-state index contributed by atoms with van der Waals surface area (Å²) in [5, 5.41) is 0. The fraction of sp³-hybridized carbons (Fsp3) is 1.00. The summed E-state index contributed by atoms with van der Waals surface area (Å²) in [6.45, 7) is 7.46. The lowest BCUT2D eigenvalue weighted by Gasteiger charge is -2.26. The van der Waals surface area contributed by atoms with E-state index in [1.54, 1.807) is 0 Å². The second-order valence-corrected chi connectivity index (χ2v) is 4.31. The van der Waals surface area contributed by atoms with Crippen LogP contribution in [0.2, 0.25) is 0 Å². The standard InChI is InChI=1S/C11H23NO2/c1-3-11(12,4-2)9-14-8-10-5-6-13-7-10/h10H,3-9,12H2,1-2H3. The van der Waals surface area contributed by atoms with Crippen LogP contribution < -0.4 is 5.73 Å². The van der Waals surface area contributed by atoms with Crippen molar-refractivity contribution in [1.29, 1.82) is 0 Å². The Labute approximate surface area is 86.9 Å². The minimum Gasteiger partial charge on any atom is -0.381 e. The predicted molar refractivity (Wildman–Crippen MR) is 57.2 cm³/mol. The van der Waals surface area contributed by atoms with Crippen molar-refractivity contribution < 1.29 is 9.47 Å². The summed E-state index contributed by atoms with van der Waals surface area (Å²) in [7, 11) is 0. The Morgan fingerprint density at radius 3 is 2.64 bits per heavy atom. The molecular formula is C11H23NO2. The zero-order valence-electron chi connectivity index (χ0n) is 9.42. The largest absolute Gasteiger partial charge is 0.381 e. The molecule has 1 atom stereocenters. The van der Waals surface area contributed by atoms with Crippen LogP contribution in [-0.4, -0.2) is 32.0 Å². The van der Waals surface area contributed by atoms with E-state index in [9.17, 15) is 0 Å². The molecule has 0 spiro atoms. The summed E-state index contributed by atoms with van der Waals surface area (Å²) in [5.74, 6) is 0.591. The van der Waals surface area contributed by atoms with E-state index < -0.39 is 0 Å². The smallest absolute Gasteiger partial charge is 0.0646 e. The van der Waals surface area contributed by atoms with Crippen LogP contribution >= 0.6 is 0 Å². The Bertz CT molecular complexity index is 151. The molecule has 1 unspecified atom stereocenters. The van der Waals surface area contributed by atoms with Gasteiger partial charge in [0.25, 0.3) is 0 Å². The Hall–Kier alpha value is -0.120. The Morgan fingerprint density at radius 2 is 2.14 bits per heavy atom. The maximum Gasteiger partial charge on any atom is 0.0646 e. The van der Waals surface area contributed by atoms with Crippen molar-refractivity contribution in [3.8, 4) is 0 Å². The second kappa shape index (κ2) is 5.69. The molecule has 0 amide bonds. The second-order valence-electron chi connectivity index (χ2n) is 4.31. The first-order chi connectivity index (χ1) is 6.70. The number of ether oxygens (including phenoxy) is 2. The van der Waals surface area contributed by atoms with E-state index in [-0.39, 0.29) is 5.54 Å². The minimum atomic E-state index is -0.126. The molecule has 0 aromatic carbocycles. The van der Waals surface area contributed by atoms with E-state index in [0.29, 0.717) is 12.5 Å². The van der Waals surface area contributed by atoms with Gasteiger partial charge in [0.2, 0.25) is 0 Å². The number of rotatable bonds is 6. The van der Waals surface area contributed by atoms with Crippen LogP contribution in [0.3, 0.4) is 0 Å². The lowest BCUT2D eigenvalue weighted by Crippen LogP contribution is -2.43. The summed E-state index contributed by atoms with van der Waals surface area (Å²) in [5.41, 5.74) is 6.00. The van der Waals surface area contributed by atoms with E-state index in [1.165, 1.54) is 0 Å². The fourth-order valence-corrected chi connectivity index (χ4v) is 1.60. The highest BCUT2D eigenvalue weighted by atomic mass is 16.5. The monoisotopic (exact) mass is 201 g/mol. The average molecular weight is 201 g/mol. The van der Waals surface area contributed by atoms with E-state index in [0.717, 1.165) is 39.1 Å². The molecule has 0 bridgehead atoms. The molecule has 0 aromatic heterocycles. The van der Waals surface area contributed by atoms with Crippen LogP contribution in [0, 0.1) is 5.92 Å². The zero-order chi connectivity index (χ0) is 10.4. The van der Waals surface area contributed by atoms with Gasteiger partial charge in [-0.2, -0.15) is 0 Å². The van der Waals surface area contributed by atoms with Crippen LogP contribution in [0.15, 0.2) is 0 Å². The molecule has 0 aromatic rings. The van der Waals surface area contributed by atoms with Gasteiger partial charge in [-0.3, -0.25) is 0 Å². The molecule has 0 aliphatic carbocycles. The summed E-state index contributed by atoms with van der Waals surface area (Å²) in [6.07, 6.45) is 3.09. The van der Waals surface area contributed by atoms with Crippen LogP contribution in [-0.2, 0) is 9.47 Å². The van der Waals surface area contributed by atoms with Crippen molar-refractivity contribution in [2.75, 3.05) is 26.4 Å². The molecule has 1 rings (SSSR count). The molecular weight excluding hydrogens is 178 g/mol. The molecule has 1 saturated heterocycles. The third kappa shape index (κ3) is 3.56. The number of hydrogen-bond donors (Lipinski definition) is 1. The summed E-state index contributed by atoms with van der Waals surface area (Å²) in [6, 6.07) is 0. The third-order valence-electron chi connectivity index (χ3n) is 3.18. The molecule has 1 fully saturated rings. The zero-order valence-corrected chi connectivity index (χ0v) is 9.42. The lowest BCUT2D eigenvalue weighted by molar-refractivity contribution is 0.0523. The van der Waals surface area contributed by atoms with Crippen LogP contribution in [0.5, 0.6) is 0 Å². The van der Waals surface area contributed by atoms with Gasteiger partial charge in [0.15, 0.2) is 0 Å². The highest BCUT2D eigenvalue weighted by Gasteiger charge is 2.22. The van der Waals surface area contributed by atoms with Crippen molar-refractivity contribution in [2.24, 2.45) is 11.7 Å². The molecule has 1 aliphatic rings. The van der Waals surface area contributed by atoms with Gasteiger partial charge in [0.05, 0.1) is 19.8 Å². The van der Waals surface area contributed by atoms with Gasteiger partial charge in [-0.25, -0.2) is 0 Å². The van der Waals surface area contributed by atoms with Crippen LogP contribution in [0.25, 0.3) is 0 Å². The van der Waals surface area contributed by atoms with Crippen molar-refractivity contribution >= 4 is 0 Å². The van der Waals surface area contributed by atoms with Gasteiger partial charge >= 0.3 is 0 Å². The van der Waals surface area contributed by atoms with Crippen LogP contribution in [0.1, 0.15) is 33.1 Å². The first-order valence-electron chi connectivity index (χ1n) is 5.64. The highest BCUT2D eigenvalue weighted by Crippen LogP contribution is 2.15. The van der Waals surface area contributed by atoms with Crippen molar-refractivity contribution in [3.05, 3.63) is 0 Å². The first kappa shape index (κ1) is 12.0. The van der Waals surface area contributed by atoms with E-state index in [1.807, 2.05) is 0 Å². The molecule has 3 nitrogen and oxygen atoms in total. The third-order valence-corrected chi connectivity index (χ3v) is 3.18. The van der Waals surface area contributed by atoms with Crippen molar-refractivity contribution in [1.82, 2.24) is 0 Å². The number of hydrogen-bond acceptors (Lipinski definition) is 3. The minimum absolute atomic E-state index is 0.126. The van der Waals surface area contributed by atoms with Crippen molar-refractivity contribution in [3.63, 3.8) is 0 Å². The topological polar surface area (TPSA) is 44.5 Å². The fourth-order valence-electron chi connectivity index (χ4n) is 1.60. The quantitative estimate of drug-likeness (QED) is 0.709. The Morgan fingerprint density at radius 1 is 1.43 bits per heavy atom. The van der Waals surface area contributed by atoms with E-state index in [4.69, 9.17) is 15.2 Å².